The van der Waals surface area contributed by atoms with Gasteiger partial charge >= 0.3 is 28.4 Å². The Labute approximate surface area is 171 Å². The van der Waals surface area contributed by atoms with Gasteiger partial charge in [-0.3, -0.25) is 60.7 Å². The number of nitro groups is 6. The van der Waals surface area contributed by atoms with Gasteiger partial charge in [-0.05, 0) is 6.07 Å². The largest absolute Gasteiger partial charge is 0.437 e. The lowest BCUT2D eigenvalue weighted by atomic mass is 10.1. The van der Waals surface area contributed by atoms with Gasteiger partial charge in [0, 0.05) is 6.07 Å². The molecular weight excluding hydrogens is 448 g/mol. The van der Waals surface area contributed by atoms with E-state index in [1.54, 1.807) is 0 Å². The maximum atomic E-state index is 11.4. The summed E-state index contributed by atoms with van der Waals surface area (Å²) >= 11 is 0. The van der Waals surface area contributed by atoms with Crippen molar-refractivity contribution in [3.05, 3.63) is 85.0 Å². The Bertz CT molecular complexity index is 1200. The molecule has 20 nitrogen and oxygen atoms in total. The van der Waals surface area contributed by atoms with Gasteiger partial charge in [0.25, 0.3) is 11.4 Å². The fourth-order valence-corrected chi connectivity index (χ4v) is 2.44. The highest BCUT2D eigenvalue weighted by Crippen LogP contribution is 2.55. The number of para-hydroxylation sites is 1. The van der Waals surface area contributed by atoms with Crippen molar-refractivity contribution in [2.24, 2.45) is 10.2 Å². The third-order valence-corrected chi connectivity index (χ3v) is 3.59. The number of hydrogen-bond acceptors (Lipinski definition) is 14. The molecule has 0 spiro atoms. The van der Waals surface area contributed by atoms with E-state index >= 15 is 0 Å². The summed E-state index contributed by atoms with van der Waals surface area (Å²) in [6.45, 7) is 0. The van der Waals surface area contributed by atoms with E-state index in [9.17, 15) is 60.7 Å². The summed E-state index contributed by atoms with van der Waals surface area (Å²) in [5.74, 6) is 0. The molecule has 0 fully saturated rings. The monoisotopic (exact) mass is 452 g/mol. The van der Waals surface area contributed by atoms with Crippen molar-refractivity contribution in [1.29, 1.82) is 0 Å². The minimum absolute atomic E-state index is 0.634. The lowest BCUT2D eigenvalue weighted by molar-refractivity contribution is -0.459. The van der Waals surface area contributed by atoms with Crippen LogP contribution in [-0.4, -0.2) is 29.5 Å². The molecule has 0 N–H and O–H groups in total. The lowest BCUT2D eigenvalue weighted by Gasteiger charge is -2.03. The standard InChI is InChI=1S/C12H4N8O12/c21-15(22)6-4-2-1-3-5(6)13-14-7-8(16(23)24)10(18(27)28)12(20(31)32)11(19(29)30)9(7)17(25)26/h1-4H. The molecule has 0 saturated heterocycles. The van der Waals surface area contributed by atoms with Crippen molar-refractivity contribution < 1.29 is 29.5 Å². The Morgan fingerprint density at radius 1 is 0.500 bits per heavy atom. The number of rotatable bonds is 8. The zero-order valence-electron chi connectivity index (χ0n) is 14.8. The van der Waals surface area contributed by atoms with Gasteiger partial charge < -0.3 is 0 Å². The van der Waals surface area contributed by atoms with E-state index in [1.165, 1.54) is 12.1 Å². The number of hydrogen-bond donors (Lipinski definition) is 0. The average Bonchev–Trinajstić information content (AvgIpc) is 2.69. The van der Waals surface area contributed by atoms with Crippen molar-refractivity contribution in [3.63, 3.8) is 0 Å². The van der Waals surface area contributed by atoms with Crippen LogP contribution in [0.3, 0.4) is 0 Å². The van der Waals surface area contributed by atoms with Crippen molar-refractivity contribution >= 4 is 45.5 Å². The molecule has 164 valence electrons. The van der Waals surface area contributed by atoms with E-state index in [1.807, 2.05) is 0 Å². The van der Waals surface area contributed by atoms with Crippen molar-refractivity contribution in [2.75, 3.05) is 0 Å². The molecule has 2 aromatic rings. The SMILES string of the molecule is O=[N+]([O-])c1ccccc1N=Nc1c([N+](=O)[O-])c([N+](=O)[O-])c([N+](=O)[O-])c([N+](=O)[O-])c1[N+](=O)[O-]. The van der Waals surface area contributed by atoms with Gasteiger partial charge in [-0.15, -0.1) is 10.2 Å². The number of benzene rings is 2. The number of azo groups is 1. The van der Waals surface area contributed by atoms with Crippen LogP contribution in [-0.2, 0) is 0 Å². The number of nitro benzene ring substituents is 6. The Morgan fingerprint density at radius 3 is 1.25 bits per heavy atom. The van der Waals surface area contributed by atoms with Crippen LogP contribution in [0.1, 0.15) is 0 Å². The quantitative estimate of drug-likeness (QED) is 0.315. The predicted molar refractivity (Wildman–Crippen MR) is 97.0 cm³/mol. The molecule has 0 aliphatic carbocycles. The maximum absolute atomic E-state index is 11.4. The van der Waals surface area contributed by atoms with E-state index in [4.69, 9.17) is 0 Å². The topological polar surface area (TPSA) is 284 Å². The molecular formula is C12H4N8O12. The Morgan fingerprint density at radius 2 is 0.875 bits per heavy atom. The zero-order valence-corrected chi connectivity index (χ0v) is 14.8. The van der Waals surface area contributed by atoms with E-state index in [-0.39, 0.29) is 0 Å². The Kier molecular flexibility index (Phi) is 5.99. The highest BCUT2D eigenvalue weighted by atomic mass is 16.7. The molecule has 0 aliphatic rings. The fourth-order valence-electron chi connectivity index (χ4n) is 2.44. The van der Waals surface area contributed by atoms with E-state index < -0.39 is 75.0 Å². The van der Waals surface area contributed by atoms with E-state index in [0.29, 0.717) is 0 Å². The zero-order chi connectivity index (χ0) is 24.3. The highest BCUT2D eigenvalue weighted by Gasteiger charge is 2.55. The third-order valence-electron chi connectivity index (χ3n) is 3.59. The first kappa shape index (κ1) is 22.7. The molecule has 0 saturated carbocycles. The summed E-state index contributed by atoms with van der Waals surface area (Å²) in [4.78, 5) is 58.3. The minimum atomic E-state index is -2.12. The molecule has 0 atom stereocenters. The molecule has 0 amide bonds. The molecule has 0 radical (unpaired) electrons. The summed E-state index contributed by atoms with van der Waals surface area (Å²) in [7, 11) is 0. The molecule has 0 bridgehead atoms. The van der Waals surface area contributed by atoms with Gasteiger partial charge in [0.05, 0.1) is 29.5 Å². The summed E-state index contributed by atoms with van der Waals surface area (Å²) in [5.41, 5.74) is -13.2. The van der Waals surface area contributed by atoms with Crippen LogP contribution in [0.15, 0.2) is 34.5 Å². The minimum Gasteiger partial charge on any atom is -0.258 e. The molecule has 0 aliphatic heterocycles. The summed E-state index contributed by atoms with van der Waals surface area (Å²) in [5, 5.41) is 74.1. The van der Waals surface area contributed by atoms with Crippen molar-refractivity contribution in [2.45, 2.75) is 0 Å². The summed E-state index contributed by atoms with van der Waals surface area (Å²) < 4.78 is 0. The van der Waals surface area contributed by atoms with Crippen LogP contribution in [0.4, 0.5) is 45.5 Å². The molecule has 32 heavy (non-hydrogen) atoms. The van der Waals surface area contributed by atoms with Crippen molar-refractivity contribution in [3.8, 4) is 0 Å². The van der Waals surface area contributed by atoms with Crippen LogP contribution in [0, 0.1) is 60.7 Å². The second-order valence-electron chi connectivity index (χ2n) is 5.32. The van der Waals surface area contributed by atoms with Gasteiger partial charge in [-0.2, -0.15) is 0 Å². The summed E-state index contributed by atoms with van der Waals surface area (Å²) in [6.07, 6.45) is 0. The molecule has 0 heterocycles. The van der Waals surface area contributed by atoms with Crippen molar-refractivity contribution in [1.82, 2.24) is 0 Å². The summed E-state index contributed by atoms with van der Waals surface area (Å²) in [6, 6.07) is 4.21. The average molecular weight is 452 g/mol. The van der Waals surface area contributed by atoms with E-state index in [2.05, 4.69) is 10.2 Å². The molecule has 2 rings (SSSR count). The number of nitrogens with zero attached hydrogens (tertiary/aromatic N) is 8. The maximum Gasteiger partial charge on any atom is 0.437 e. The second kappa shape index (κ2) is 8.44. The highest BCUT2D eigenvalue weighted by molar-refractivity contribution is 5.92. The van der Waals surface area contributed by atoms with Gasteiger partial charge in [0.15, 0.2) is 5.69 Å². The first-order valence-electron chi connectivity index (χ1n) is 7.51. The molecule has 20 heteroatoms. The first-order valence-corrected chi connectivity index (χ1v) is 7.51. The van der Waals surface area contributed by atoms with Gasteiger partial charge in [0.1, 0.15) is 0 Å². The van der Waals surface area contributed by atoms with Crippen LogP contribution in [0.5, 0.6) is 0 Å². The lowest BCUT2D eigenvalue weighted by Crippen LogP contribution is -2.08. The molecule has 0 aromatic heterocycles. The second-order valence-corrected chi connectivity index (χ2v) is 5.32. The molecule has 2 aromatic carbocycles. The third kappa shape index (κ3) is 3.93. The predicted octanol–water partition coefficient (Wildman–Crippen LogP) is 3.55. The first-order chi connectivity index (χ1) is 14.9. The van der Waals surface area contributed by atoms with E-state index in [0.717, 1.165) is 12.1 Å². The van der Waals surface area contributed by atoms with Gasteiger partial charge in [-0.1, -0.05) is 12.1 Å². The van der Waals surface area contributed by atoms with Gasteiger partial charge in [-0.25, -0.2) is 0 Å². The van der Waals surface area contributed by atoms with Crippen LogP contribution < -0.4 is 0 Å². The van der Waals surface area contributed by atoms with Crippen LogP contribution >= 0.6 is 0 Å². The fraction of sp³-hybridized carbons (Fsp3) is 0. The van der Waals surface area contributed by atoms with Crippen LogP contribution in [0.25, 0.3) is 0 Å². The van der Waals surface area contributed by atoms with Crippen LogP contribution in [0.2, 0.25) is 0 Å². The Balaban J connectivity index is 3.12. The molecule has 0 unspecified atom stereocenters. The Hall–Kier alpha value is -5.56. The van der Waals surface area contributed by atoms with Gasteiger partial charge in [0.2, 0.25) is 0 Å². The normalized spacial score (nSPS) is 10.6. The smallest absolute Gasteiger partial charge is 0.258 e.